The average Bonchev–Trinajstić information content (AvgIpc) is 2.65. The summed E-state index contributed by atoms with van der Waals surface area (Å²) in [5.74, 6) is 0. The molecule has 0 unspecified atom stereocenters. The quantitative estimate of drug-likeness (QED) is 0.590. The Balaban J connectivity index is 2.06. The average molecular weight is 334 g/mol. The second kappa shape index (κ2) is 4.45. The van der Waals surface area contributed by atoms with Crippen LogP contribution in [0.5, 0.6) is 0 Å². The summed E-state index contributed by atoms with van der Waals surface area (Å²) in [4.78, 5) is 0. The lowest BCUT2D eigenvalue weighted by molar-refractivity contribution is 0.920. The topological polar surface area (TPSA) is 0 Å². The van der Waals surface area contributed by atoms with Crippen LogP contribution in [0.25, 0.3) is 11.1 Å². The highest BCUT2D eigenvalue weighted by molar-refractivity contribution is 14.1. The molecule has 0 atom stereocenters. The van der Waals surface area contributed by atoms with Crippen molar-refractivity contribution in [3.63, 3.8) is 0 Å². The molecule has 86 valence electrons. The third-order valence-electron chi connectivity index (χ3n) is 3.45. The molecule has 0 radical (unpaired) electrons. The van der Waals surface area contributed by atoms with E-state index in [1.165, 1.54) is 44.2 Å². The summed E-state index contributed by atoms with van der Waals surface area (Å²) in [6.45, 7) is 2.24. The van der Waals surface area contributed by atoms with E-state index in [1.54, 1.807) is 0 Å². The first-order chi connectivity index (χ1) is 8.28. The van der Waals surface area contributed by atoms with Crippen molar-refractivity contribution in [1.29, 1.82) is 0 Å². The van der Waals surface area contributed by atoms with E-state index in [2.05, 4.69) is 65.9 Å². The second-order valence-electron chi connectivity index (χ2n) is 4.72. The number of hydrogen-bond acceptors (Lipinski definition) is 0. The van der Waals surface area contributed by atoms with Gasteiger partial charge in [0.15, 0.2) is 0 Å². The molecule has 0 aromatic heterocycles. The summed E-state index contributed by atoms with van der Waals surface area (Å²) in [5.41, 5.74) is 7.35. The largest absolute Gasteiger partial charge is 0.0651 e. The SMILES string of the molecule is CCCc1ccc2c(c1)Cc1cc(I)ccc1-2. The lowest BCUT2D eigenvalue weighted by atomic mass is 10.0. The van der Waals surface area contributed by atoms with Gasteiger partial charge in [-0.25, -0.2) is 0 Å². The van der Waals surface area contributed by atoms with E-state index < -0.39 is 0 Å². The Morgan fingerprint density at radius 2 is 1.71 bits per heavy atom. The van der Waals surface area contributed by atoms with Crippen molar-refractivity contribution in [2.45, 2.75) is 26.2 Å². The molecule has 1 aliphatic carbocycles. The van der Waals surface area contributed by atoms with E-state index in [-0.39, 0.29) is 0 Å². The van der Waals surface area contributed by atoms with Crippen LogP contribution in [0.2, 0.25) is 0 Å². The van der Waals surface area contributed by atoms with E-state index in [9.17, 15) is 0 Å². The van der Waals surface area contributed by atoms with Gasteiger partial charge in [0.05, 0.1) is 0 Å². The monoisotopic (exact) mass is 334 g/mol. The fourth-order valence-corrected chi connectivity index (χ4v) is 3.23. The van der Waals surface area contributed by atoms with Gasteiger partial charge >= 0.3 is 0 Å². The van der Waals surface area contributed by atoms with Gasteiger partial charge in [0, 0.05) is 3.57 Å². The standard InChI is InChI=1S/C16H15I/c1-2-3-11-4-6-15-12(8-11)9-13-10-14(17)5-7-16(13)15/h4-8,10H,2-3,9H2,1H3. The van der Waals surface area contributed by atoms with E-state index in [4.69, 9.17) is 0 Å². The highest BCUT2D eigenvalue weighted by atomic mass is 127. The van der Waals surface area contributed by atoms with Crippen LogP contribution in [0.1, 0.15) is 30.0 Å². The summed E-state index contributed by atoms with van der Waals surface area (Å²) >= 11 is 2.39. The first-order valence-corrected chi connectivity index (χ1v) is 7.26. The smallest absolute Gasteiger partial charge is 0.0133 e. The molecule has 17 heavy (non-hydrogen) atoms. The Labute approximate surface area is 116 Å². The molecule has 0 N–H and O–H groups in total. The van der Waals surface area contributed by atoms with Gasteiger partial charge in [-0.05, 0) is 75.4 Å². The fourth-order valence-electron chi connectivity index (χ4n) is 2.68. The molecular weight excluding hydrogens is 319 g/mol. The molecule has 0 nitrogen and oxygen atoms in total. The summed E-state index contributed by atoms with van der Waals surface area (Å²) in [5, 5.41) is 0. The molecule has 0 fully saturated rings. The van der Waals surface area contributed by atoms with Crippen LogP contribution in [0, 0.1) is 3.57 Å². The predicted octanol–water partition coefficient (Wildman–Crippen LogP) is 4.81. The molecule has 0 saturated carbocycles. The summed E-state index contributed by atoms with van der Waals surface area (Å²) in [6.07, 6.45) is 3.53. The molecule has 0 heterocycles. The minimum absolute atomic E-state index is 1.11. The molecule has 2 aromatic rings. The first kappa shape index (κ1) is 11.3. The number of benzene rings is 2. The number of halogens is 1. The van der Waals surface area contributed by atoms with Crippen molar-refractivity contribution < 1.29 is 0 Å². The number of aryl methyl sites for hydroxylation is 1. The Kier molecular flexibility index (Phi) is 2.95. The zero-order valence-electron chi connectivity index (χ0n) is 9.96. The minimum atomic E-state index is 1.11. The van der Waals surface area contributed by atoms with E-state index in [0.717, 1.165) is 6.42 Å². The molecule has 0 bridgehead atoms. The highest BCUT2D eigenvalue weighted by Crippen LogP contribution is 2.37. The molecule has 1 aliphatic rings. The van der Waals surface area contributed by atoms with Crippen LogP contribution >= 0.6 is 22.6 Å². The maximum atomic E-state index is 2.39. The molecule has 0 spiro atoms. The summed E-state index contributed by atoms with van der Waals surface area (Å²) in [6, 6.07) is 13.8. The van der Waals surface area contributed by atoms with E-state index in [0.29, 0.717) is 0 Å². The van der Waals surface area contributed by atoms with Crippen molar-refractivity contribution in [1.82, 2.24) is 0 Å². The van der Waals surface area contributed by atoms with Gasteiger partial charge in [-0.2, -0.15) is 0 Å². The van der Waals surface area contributed by atoms with Crippen molar-refractivity contribution in [2.24, 2.45) is 0 Å². The third-order valence-corrected chi connectivity index (χ3v) is 4.12. The molecule has 3 rings (SSSR count). The fraction of sp³-hybridized carbons (Fsp3) is 0.250. The van der Waals surface area contributed by atoms with Gasteiger partial charge in [-0.1, -0.05) is 37.6 Å². The van der Waals surface area contributed by atoms with Crippen LogP contribution in [0.15, 0.2) is 36.4 Å². The lowest BCUT2D eigenvalue weighted by Crippen LogP contribution is -1.86. The van der Waals surface area contributed by atoms with Crippen LogP contribution in [0.4, 0.5) is 0 Å². The number of rotatable bonds is 2. The highest BCUT2D eigenvalue weighted by Gasteiger charge is 2.18. The summed E-state index contributed by atoms with van der Waals surface area (Å²) in [7, 11) is 0. The lowest BCUT2D eigenvalue weighted by Gasteiger charge is -2.04. The van der Waals surface area contributed by atoms with Crippen molar-refractivity contribution in [3.05, 3.63) is 56.7 Å². The zero-order valence-corrected chi connectivity index (χ0v) is 12.1. The van der Waals surface area contributed by atoms with Gasteiger partial charge in [-0.15, -0.1) is 0 Å². The minimum Gasteiger partial charge on any atom is -0.0651 e. The Morgan fingerprint density at radius 1 is 1.00 bits per heavy atom. The first-order valence-electron chi connectivity index (χ1n) is 6.18. The molecule has 0 amide bonds. The van der Waals surface area contributed by atoms with Crippen molar-refractivity contribution >= 4 is 22.6 Å². The summed E-state index contributed by atoms with van der Waals surface area (Å²) < 4.78 is 1.34. The van der Waals surface area contributed by atoms with Crippen molar-refractivity contribution in [2.75, 3.05) is 0 Å². The molecule has 1 heteroatoms. The van der Waals surface area contributed by atoms with E-state index in [1.807, 2.05) is 0 Å². The normalized spacial score (nSPS) is 12.4. The maximum absolute atomic E-state index is 2.39. The number of hydrogen-bond donors (Lipinski definition) is 0. The molecule has 0 aliphatic heterocycles. The molecule has 2 aromatic carbocycles. The van der Waals surface area contributed by atoms with Crippen LogP contribution in [-0.4, -0.2) is 0 Å². The van der Waals surface area contributed by atoms with Gasteiger partial charge in [0.1, 0.15) is 0 Å². The van der Waals surface area contributed by atoms with E-state index >= 15 is 0 Å². The van der Waals surface area contributed by atoms with Crippen LogP contribution in [0.3, 0.4) is 0 Å². The van der Waals surface area contributed by atoms with Gasteiger partial charge in [-0.3, -0.25) is 0 Å². The number of fused-ring (bicyclic) bond motifs is 3. The van der Waals surface area contributed by atoms with Crippen LogP contribution < -0.4 is 0 Å². The molecular formula is C16H15I. The second-order valence-corrected chi connectivity index (χ2v) is 5.97. The Morgan fingerprint density at radius 3 is 2.47 bits per heavy atom. The van der Waals surface area contributed by atoms with Gasteiger partial charge in [0.2, 0.25) is 0 Å². The third kappa shape index (κ3) is 2.01. The maximum Gasteiger partial charge on any atom is 0.0133 e. The zero-order chi connectivity index (χ0) is 11.8. The predicted molar refractivity (Wildman–Crippen MR) is 81.4 cm³/mol. The Bertz CT molecular complexity index is 570. The Hall–Kier alpha value is -0.830. The van der Waals surface area contributed by atoms with Crippen molar-refractivity contribution in [3.8, 4) is 11.1 Å². The van der Waals surface area contributed by atoms with Gasteiger partial charge in [0.25, 0.3) is 0 Å². The molecule has 0 saturated heterocycles. The van der Waals surface area contributed by atoms with Gasteiger partial charge < -0.3 is 0 Å². The van der Waals surface area contributed by atoms with Crippen LogP contribution in [-0.2, 0) is 12.8 Å².